The molecular formula is C7H16FN3. The van der Waals surface area contributed by atoms with Crippen molar-refractivity contribution < 1.29 is 4.39 Å². The van der Waals surface area contributed by atoms with Crippen LogP contribution in [0.3, 0.4) is 0 Å². The fourth-order valence-electron chi connectivity index (χ4n) is 0.508. The largest absolute Gasteiger partial charge is 0.385 e. The second-order valence-electron chi connectivity index (χ2n) is 2.86. The standard InChI is InChI=1S/C7H16FN3/c1-5(2)4-11-7(10)6(8)3-9/h5-6H,3-4,9H2,1-2H3,(H2,10,11). The number of nitrogens with two attached hydrogens (primary N) is 2. The lowest BCUT2D eigenvalue weighted by atomic mass is 10.2. The number of halogens is 1. The molecule has 0 bridgehead atoms. The fraction of sp³-hybridized carbons (Fsp3) is 0.857. The van der Waals surface area contributed by atoms with Crippen molar-refractivity contribution in [2.24, 2.45) is 22.4 Å². The number of alkyl halides is 1. The van der Waals surface area contributed by atoms with Gasteiger partial charge in [0, 0.05) is 13.1 Å². The molecule has 0 saturated carbocycles. The van der Waals surface area contributed by atoms with Gasteiger partial charge >= 0.3 is 0 Å². The predicted molar refractivity (Wildman–Crippen MR) is 45.3 cm³/mol. The van der Waals surface area contributed by atoms with Gasteiger partial charge in [-0.05, 0) is 5.92 Å². The first-order valence-corrected chi connectivity index (χ1v) is 3.71. The maximum atomic E-state index is 12.6. The van der Waals surface area contributed by atoms with Crippen molar-refractivity contribution >= 4 is 5.84 Å². The Labute approximate surface area is 66.7 Å². The first-order valence-electron chi connectivity index (χ1n) is 3.71. The molecule has 0 aromatic heterocycles. The second-order valence-corrected chi connectivity index (χ2v) is 2.86. The Morgan fingerprint density at radius 3 is 2.45 bits per heavy atom. The van der Waals surface area contributed by atoms with Crippen LogP contribution in [0.2, 0.25) is 0 Å². The average Bonchev–Trinajstić information content (AvgIpc) is 1.98. The summed E-state index contributed by atoms with van der Waals surface area (Å²) in [7, 11) is 0. The minimum atomic E-state index is -1.28. The molecule has 11 heavy (non-hydrogen) atoms. The Bertz CT molecular complexity index is 134. The van der Waals surface area contributed by atoms with E-state index in [2.05, 4.69) is 4.99 Å². The normalized spacial score (nSPS) is 15.5. The quantitative estimate of drug-likeness (QED) is 0.460. The first-order chi connectivity index (χ1) is 5.07. The summed E-state index contributed by atoms with van der Waals surface area (Å²) in [5, 5.41) is 0. The second kappa shape index (κ2) is 5.07. The maximum Gasteiger partial charge on any atom is 0.169 e. The first kappa shape index (κ1) is 10.4. The van der Waals surface area contributed by atoms with E-state index >= 15 is 0 Å². The molecule has 66 valence electrons. The Morgan fingerprint density at radius 1 is 1.55 bits per heavy atom. The van der Waals surface area contributed by atoms with E-state index in [1.165, 1.54) is 0 Å². The summed E-state index contributed by atoms with van der Waals surface area (Å²) in [6.07, 6.45) is -1.28. The van der Waals surface area contributed by atoms with E-state index in [0.717, 1.165) is 0 Å². The maximum absolute atomic E-state index is 12.6. The van der Waals surface area contributed by atoms with E-state index < -0.39 is 6.17 Å². The molecule has 0 amide bonds. The third-order valence-electron chi connectivity index (χ3n) is 1.17. The molecule has 0 spiro atoms. The van der Waals surface area contributed by atoms with Crippen LogP contribution in [0.1, 0.15) is 13.8 Å². The Hall–Kier alpha value is -0.640. The van der Waals surface area contributed by atoms with Gasteiger partial charge in [0.1, 0.15) is 5.84 Å². The van der Waals surface area contributed by atoms with Crippen molar-refractivity contribution in [1.29, 1.82) is 0 Å². The van der Waals surface area contributed by atoms with Crippen molar-refractivity contribution in [2.75, 3.05) is 13.1 Å². The zero-order valence-corrected chi connectivity index (χ0v) is 7.05. The zero-order chi connectivity index (χ0) is 8.85. The van der Waals surface area contributed by atoms with Crippen molar-refractivity contribution in [3.63, 3.8) is 0 Å². The van der Waals surface area contributed by atoms with Crippen LogP contribution in [-0.4, -0.2) is 25.1 Å². The summed E-state index contributed by atoms with van der Waals surface area (Å²) < 4.78 is 12.6. The number of hydrogen-bond acceptors (Lipinski definition) is 2. The number of aliphatic imine (C=N–C) groups is 1. The molecule has 0 aromatic carbocycles. The molecule has 0 aliphatic carbocycles. The lowest BCUT2D eigenvalue weighted by molar-refractivity contribution is 0.427. The highest BCUT2D eigenvalue weighted by Crippen LogP contribution is 1.94. The molecule has 0 fully saturated rings. The number of rotatable bonds is 4. The van der Waals surface area contributed by atoms with Crippen LogP contribution in [0.15, 0.2) is 4.99 Å². The number of amidine groups is 1. The monoisotopic (exact) mass is 161 g/mol. The van der Waals surface area contributed by atoms with Gasteiger partial charge in [0.25, 0.3) is 0 Å². The third kappa shape index (κ3) is 4.72. The minimum Gasteiger partial charge on any atom is -0.385 e. The highest BCUT2D eigenvalue weighted by molar-refractivity contribution is 5.84. The van der Waals surface area contributed by atoms with Gasteiger partial charge in [0.2, 0.25) is 0 Å². The van der Waals surface area contributed by atoms with Gasteiger partial charge < -0.3 is 11.5 Å². The van der Waals surface area contributed by atoms with Crippen LogP contribution in [0.4, 0.5) is 4.39 Å². The van der Waals surface area contributed by atoms with Gasteiger partial charge in [-0.3, -0.25) is 4.99 Å². The van der Waals surface area contributed by atoms with Crippen LogP contribution in [0.5, 0.6) is 0 Å². The summed E-state index contributed by atoms with van der Waals surface area (Å²) in [4.78, 5) is 3.83. The molecule has 0 saturated heterocycles. The molecule has 1 unspecified atom stereocenters. The van der Waals surface area contributed by atoms with Gasteiger partial charge in [0.15, 0.2) is 6.17 Å². The summed E-state index contributed by atoms with van der Waals surface area (Å²) in [6, 6.07) is 0. The molecule has 3 nitrogen and oxygen atoms in total. The smallest absolute Gasteiger partial charge is 0.169 e. The van der Waals surface area contributed by atoms with Crippen LogP contribution in [0.25, 0.3) is 0 Å². The van der Waals surface area contributed by atoms with Crippen molar-refractivity contribution in [3.8, 4) is 0 Å². The molecular weight excluding hydrogens is 145 g/mol. The lowest BCUT2D eigenvalue weighted by Gasteiger charge is -2.05. The van der Waals surface area contributed by atoms with E-state index in [4.69, 9.17) is 11.5 Å². The molecule has 0 rings (SSSR count). The molecule has 0 aliphatic heterocycles. The fourth-order valence-corrected chi connectivity index (χ4v) is 0.508. The average molecular weight is 161 g/mol. The molecule has 0 heterocycles. The van der Waals surface area contributed by atoms with Crippen LogP contribution in [0, 0.1) is 5.92 Å². The number of hydrogen-bond donors (Lipinski definition) is 2. The summed E-state index contributed by atoms with van der Waals surface area (Å²) in [5.74, 6) is 0.416. The Morgan fingerprint density at radius 2 is 2.09 bits per heavy atom. The lowest BCUT2D eigenvalue weighted by Crippen LogP contribution is -2.32. The van der Waals surface area contributed by atoms with E-state index in [1.807, 2.05) is 13.8 Å². The molecule has 0 radical (unpaired) electrons. The van der Waals surface area contributed by atoms with E-state index in [1.54, 1.807) is 0 Å². The summed E-state index contributed by atoms with van der Waals surface area (Å²) >= 11 is 0. The van der Waals surface area contributed by atoms with Crippen LogP contribution >= 0.6 is 0 Å². The van der Waals surface area contributed by atoms with E-state index in [-0.39, 0.29) is 12.4 Å². The van der Waals surface area contributed by atoms with Crippen LogP contribution in [-0.2, 0) is 0 Å². The van der Waals surface area contributed by atoms with Gasteiger partial charge in [-0.2, -0.15) is 0 Å². The van der Waals surface area contributed by atoms with Gasteiger partial charge in [0.05, 0.1) is 0 Å². The Balaban J connectivity index is 3.79. The highest BCUT2D eigenvalue weighted by atomic mass is 19.1. The summed E-state index contributed by atoms with van der Waals surface area (Å²) in [5.41, 5.74) is 10.3. The van der Waals surface area contributed by atoms with E-state index in [0.29, 0.717) is 12.5 Å². The van der Waals surface area contributed by atoms with Gasteiger partial charge in [-0.25, -0.2) is 4.39 Å². The van der Waals surface area contributed by atoms with Crippen molar-refractivity contribution in [2.45, 2.75) is 20.0 Å². The SMILES string of the molecule is CC(C)C/N=C(/N)C(F)CN. The third-order valence-corrected chi connectivity index (χ3v) is 1.17. The molecule has 1 atom stereocenters. The highest BCUT2D eigenvalue weighted by Gasteiger charge is 2.07. The van der Waals surface area contributed by atoms with Crippen LogP contribution < -0.4 is 11.5 Å². The molecule has 4 heteroatoms. The number of nitrogens with zero attached hydrogens (tertiary/aromatic N) is 1. The molecule has 0 aromatic rings. The van der Waals surface area contributed by atoms with Gasteiger partial charge in [-0.15, -0.1) is 0 Å². The van der Waals surface area contributed by atoms with Gasteiger partial charge in [-0.1, -0.05) is 13.8 Å². The Kier molecular flexibility index (Phi) is 4.77. The summed E-state index contributed by atoms with van der Waals surface area (Å²) in [6.45, 7) is 4.46. The van der Waals surface area contributed by atoms with E-state index in [9.17, 15) is 4.39 Å². The molecule has 4 N–H and O–H groups in total. The predicted octanol–water partition coefficient (Wildman–Crippen LogP) is 0.296. The van der Waals surface area contributed by atoms with Crippen molar-refractivity contribution in [1.82, 2.24) is 0 Å². The topological polar surface area (TPSA) is 64.4 Å². The molecule has 0 aliphatic rings. The zero-order valence-electron chi connectivity index (χ0n) is 7.05. The minimum absolute atomic E-state index is 0.0150. The van der Waals surface area contributed by atoms with Crippen molar-refractivity contribution in [3.05, 3.63) is 0 Å².